The Morgan fingerprint density at radius 3 is 2.44 bits per heavy atom. The molecule has 5 rings (SSSR count). The summed E-state index contributed by atoms with van der Waals surface area (Å²) in [7, 11) is 0. The maximum atomic E-state index is 4.98. The molecule has 0 fully saturated rings. The van der Waals surface area contributed by atoms with Crippen LogP contribution in [0.1, 0.15) is 5.56 Å². The second kappa shape index (κ2) is 6.70. The average molecular weight is 413 g/mol. The Bertz CT molecular complexity index is 1260. The van der Waals surface area contributed by atoms with E-state index in [4.69, 9.17) is 4.98 Å². The summed E-state index contributed by atoms with van der Waals surface area (Å²) in [5.41, 5.74) is 4.57. The number of rotatable bonds is 3. The van der Waals surface area contributed by atoms with Gasteiger partial charge in [0.1, 0.15) is 0 Å². The molecular weight excluding hydrogens is 395 g/mol. The van der Waals surface area contributed by atoms with Gasteiger partial charge in [-0.25, -0.2) is 0 Å². The van der Waals surface area contributed by atoms with E-state index in [2.05, 4.69) is 102 Å². The monoisotopic (exact) mass is 414 g/mol. The van der Waals surface area contributed by atoms with Gasteiger partial charge in [0.2, 0.25) is 0 Å². The van der Waals surface area contributed by atoms with E-state index in [1.54, 1.807) is 0 Å². The van der Waals surface area contributed by atoms with E-state index in [0.717, 1.165) is 11.3 Å². The number of imidazole rings is 1. The first-order valence-electron chi connectivity index (χ1n) is 8.99. The zero-order chi connectivity index (χ0) is 18.2. The van der Waals surface area contributed by atoms with Crippen LogP contribution in [0.25, 0.3) is 27.7 Å². The Balaban J connectivity index is 1.70. The Morgan fingerprint density at radius 1 is 0.778 bits per heavy atom. The van der Waals surface area contributed by atoms with Crippen molar-refractivity contribution in [1.29, 1.82) is 0 Å². The first-order chi connectivity index (χ1) is 13.3. The van der Waals surface area contributed by atoms with Crippen LogP contribution in [0.5, 0.6) is 0 Å². The number of benzene rings is 3. The number of aryl methyl sites for hydroxylation is 1. The number of nitrogens with zero attached hydrogens (tertiary/aromatic N) is 2. The number of fused-ring (bicyclic) bond motifs is 2. The van der Waals surface area contributed by atoms with Crippen molar-refractivity contribution in [2.45, 2.75) is 6.92 Å². The fraction of sp³-hybridized carbons (Fsp3) is 0.0417. The quantitative estimate of drug-likeness (QED) is 0.407. The minimum atomic E-state index is 0.180. The van der Waals surface area contributed by atoms with Crippen LogP contribution < -0.4 is 9.05 Å². The molecule has 2 heterocycles. The summed E-state index contributed by atoms with van der Waals surface area (Å²) >= 11 is 0.180. The molecule has 0 amide bonds. The molecule has 0 bridgehead atoms. The van der Waals surface area contributed by atoms with Gasteiger partial charge in [-0.2, -0.15) is 0 Å². The third-order valence-electron chi connectivity index (χ3n) is 4.71. The third kappa shape index (κ3) is 3.06. The predicted molar refractivity (Wildman–Crippen MR) is 114 cm³/mol. The number of hydrogen-bond donors (Lipinski definition) is 0. The Kier molecular flexibility index (Phi) is 4.05. The van der Waals surface area contributed by atoms with Crippen molar-refractivity contribution in [1.82, 2.24) is 9.38 Å². The van der Waals surface area contributed by atoms with Crippen molar-refractivity contribution in [2.75, 3.05) is 0 Å². The Morgan fingerprint density at radius 2 is 1.56 bits per heavy atom. The van der Waals surface area contributed by atoms with Crippen molar-refractivity contribution in [3.8, 4) is 11.3 Å². The van der Waals surface area contributed by atoms with Crippen LogP contribution in [0.2, 0.25) is 0 Å². The van der Waals surface area contributed by atoms with E-state index in [-0.39, 0.29) is 15.0 Å². The second-order valence-corrected chi connectivity index (χ2v) is 8.90. The molecular formula is C24H18N2Se. The van der Waals surface area contributed by atoms with E-state index < -0.39 is 0 Å². The van der Waals surface area contributed by atoms with Gasteiger partial charge >= 0.3 is 165 Å². The molecule has 0 aliphatic carbocycles. The van der Waals surface area contributed by atoms with Gasteiger partial charge in [0.25, 0.3) is 0 Å². The van der Waals surface area contributed by atoms with Gasteiger partial charge in [-0.3, -0.25) is 0 Å². The van der Waals surface area contributed by atoms with Gasteiger partial charge in [0.15, 0.2) is 0 Å². The van der Waals surface area contributed by atoms with Gasteiger partial charge in [-0.15, -0.1) is 0 Å². The molecule has 0 aliphatic heterocycles. The molecule has 5 aromatic rings. The summed E-state index contributed by atoms with van der Waals surface area (Å²) in [6.45, 7) is 2.13. The van der Waals surface area contributed by atoms with E-state index in [0.29, 0.717) is 0 Å². The zero-order valence-corrected chi connectivity index (χ0v) is 16.7. The van der Waals surface area contributed by atoms with E-state index in [1.165, 1.54) is 31.0 Å². The van der Waals surface area contributed by atoms with Crippen LogP contribution in [0.15, 0.2) is 91.1 Å². The normalized spacial score (nSPS) is 11.3. The Labute approximate surface area is 164 Å². The third-order valence-corrected chi connectivity index (χ3v) is 7.00. The van der Waals surface area contributed by atoms with Crippen LogP contribution in [-0.2, 0) is 0 Å². The molecule has 0 saturated heterocycles. The van der Waals surface area contributed by atoms with Crippen LogP contribution in [0.4, 0.5) is 0 Å². The van der Waals surface area contributed by atoms with Crippen molar-refractivity contribution >= 4 is 40.4 Å². The number of pyridine rings is 1. The molecule has 0 atom stereocenters. The fourth-order valence-corrected chi connectivity index (χ4v) is 5.53. The van der Waals surface area contributed by atoms with Crippen LogP contribution >= 0.6 is 0 Å². The van der Waals surface area contributed by atoms with E-state index in [9.17, 15) is 0 Å². The molecule has 3 heteroatoms. The maximum absolute atomic E-state index is 4.98. The number of aromatic nitrogens is 2. The first-order valence-corrected chi connectivity index (χ1v) is 10.7. The van der Waals surface area contributed by atoms with Crippen molar-refractivity contribution in [3.63, 3.8) is 0 Å². The summed E-state index contributed by atoms with van der Waals surface area (Å²) in [4.78, 5) is 4.98. The molecule has 2 nitrogen and oxygen atoms in total. The molecule has 0 spiro atoms. The standard InChI is InChI=1S/C24H18N2Se/c1-17-10-11-19-16-20(13-12-18(19)15-17)23-24(27-21-7-3-2-4-8-21)26-14-6-5-9-22(26)25-23/h2-16H,1H3. The molecule has 0 aliphatic rings. The summed E-state index contributed by atoms with van der Waals surface area (Å²) in [6, 6.07) is 30.2. The van der Waals surface area contributed by atoms with Gasteiger partial charge in [0.05, 0.1) is 0 Å². The SMILES string of the molecule is Cc1ccc2cc(-c3nc4ccccn4c3[Se]c3ccccc3)ccc2c1. The molecule has 27 heavy (non-hydrogen) atoms. The van der Waals surface area contributed by atoms with Gasteiger partial charge in [-0.1, -0.05) is 0 Å². The van der Waals surface area contributed by atoms with Crippen molar-refractivity contribution in [2.24, 2.45) is 0 Å². The predicted octanol–water partition coefficient (Wildman–Crippen LogP) is 4.12. The van der Waals surface area contributed by atoms with Gasteiger partial charge < -0.3 is 0 Å². The molecule has 0 radical (unpaired) electrons. The van der Waals surface area contributed by atoms with E-state index >= 15 is 0 Å². The molecule has 2 aromatic heterocycles. The average Bonchev–Trinajstić information content (AvgIpc) is 3.07. The summed E-state index contributed by atoms with van der Waals surface area (Å²) < 4.78 is 4.88. The second-order valence-electron chi connectivity index (χ2n) is 6.67. The van der Waals surface area contributed by atoms with E-state index in [1.807, 2.05) is 0 Å². The van der Waals surface area contributed by atoms with Crippen molar-refractivity contribution in [3.05, 3.63) is 96.7 Å². The molecule has 130 valence electrons. The summed E-state index contributed by atoms with van der Waals surface area (Å²) in [6.07, 6.45) is 2.12. The zero-order valence-electron chi connectivity index (χ0n) is 15.0. The number of hydrogen-bond acceptors (Lipinski definition) is 1. The molecule has 0 saturated carbocycles. The summed E-state index contributed by atoms with van der Waals surface area (Å²) in [5.74, 6) is 0. The topological polar surface area (TPSA) is 17.3 Å². The fourth-order valence-electron chi connectivity index (χ4n) is 3.37. The summed E-state index contributed by atoms with van der Waals surface area (Å²) in [5, 5.41) is 2.53. The van der Waals surface area contributed by atoms with Crippen LogP contribution in [-0.4, -0.2) is 24.3 Å². The van der Waals surface area contributed by atoms with Crippen LogP contribution in [0.3, 0.4) is 0 Å². The van der Waals surface area contributed by atoms with Crippen molar-refractivity contribution < 1.29 is 0 Å². The molecule has 0 unspecified atom stereocenters. The molecule has 3 aromatic carbocycles. The minimum absolute atomic E-state index is 0.180. The van der Waals surface area contributed by atoms with Crippen LogP contribution in [0, 0.1) is 6.92 Å². The van der Waals surface area contributed by atoms with Gasteiger partial charge in [-0.05, 0) is 0 Å². The first kappa shape index (κ1) is 16.3. The van der Waals surface area contributed by atoms with Gasteiger partial charge in [0, 0.05) is 0 Å². The molecule has 0 N–H and O–H groups in total. The Hall–Kier alpha value is -2.87.